The Morgan fingerprint density at radius 3 is 2.42 bits per heavy atom. The highest BCUT2D eigenvalue weighted by Crippen LogP contribution is 2.33. The number of rotatable bonds is 5. The number of nitrogens with one attached hydrogen (secondary N) is 1. The third-order valence-electron chi connectivity index (χ3n) is 3.34. The van der Waals surface area contributed by atoms with Gasteiger partial charge in [0, 0.05) is 6.26 Å². The zero-order valence-corrected chi connectivity index (χ0v) is 13.9. The smallest absolute Gasteiger partial charge is 0.154 e. The van der Waals surface area contributed by atoms with Gasteiger partial charge in [-0.3, -0.25) is 0 Å². The van der Waals surface area contributed by atoms with E-state index in [-0.39, 0.29) is 5.82 Å². The van der Waals surface area contributed by atoms with Crippen LogP contribution in [-0.4, -0.2) is 26.0 Å². The fourth-order valence-electron chi connectivity index (χ4n) is 1.88. The highest BCUT2D eigenvalue weighted by molar-refractivity contribution is 9.10. The maximum Gasteiger partial charge on any atom is 0.154 e. The molecule has 0 fully saturated rings. The molecule has 0 aliphatic rings. The summed E-state index contributed by atoms with van der Waals surface area (Å²) in [6.07, 6.45) is 1.22. The third kappa shape index (κ3) is 3.55. The van der Waals surface area contributed by atoms with Gasteiger partial charge < -0.3 is 5.32 Å². The van der Waals surface area contributed by atoms with Crippen molar-refractivity contribution in [3.05, 3.63) is 34.1 Å². The second-order valence-electron chi connectivity index (χ2n) is 5.04. The summed E-state index contributed by atoms with van der Waals surface area (Å²) in [7, 11) is -3.27. The van der Waals surface area contributed by atoms with Crippen molar-refractivity contribution in [1.82, 2.24) is 5.32 Å². The summed E-state index contributed by atoms with van der Waals surface area (Å²) in [6.45, 7) is 5.88. The van der Waals surface area contributed by atoms with Crippen LogP contribution in [0.2, 0.25) is 0 Å². The van der Waals surface area contributed by atoms with E-state index in [0.29, 0.717) is 11.0 Å². The Labute approximate surface area is 122 Å². The van der Waals surface area contributed by atoms with Crippen molar-refractivity contribution in [3.8, 4) is 0 Å². The van der Waals surface area contributed by atoms with E-state index in [0.717, 1.165) is 5.56 Å². The first kappa shape index (κ1) is 16.6. The molecule has 3 nitrogen and oxygen atoms in total. The van der Waals surface area contributed by atoms with E-state index in [9.17, 15) is 12.8 Å². The van der Waals surface area contributed by atoms with Gasteiger partial charge in [-0.05, 0) is 54.0 Å². The van der Waals surface area contributed by atoms with Gasteiger partial charge in [0.1, 0.15) is 5.82 Å². The number of sulfone groups is 1. The predicted molar refractivity (Wildman–Crippen MR) is 79.4 cm³/mol. The summed E-state index contributed by atoms with van der Waals surface area (Å²) in [4.78, 5) is 0. The summed E-state index contributed by atoms with van der Waals surface area (Å²) in [5.41, 5.74) is 0.741. The van der Waals surface area contributed by atoms with Crippen molar-refractivity contribution in [3.63, 3.8) is 0 Å². The molecule has 1 atom stereocenters. The number of benzene rings is 1. The normalized spacial score (nSPS) is 14.4. The van der Waals surface area contributed by atoms with Gasteiger partial charge in [-0.15, -0.1) is 0 Å². The quantitative estimate of drug-likeness (QED) is 0.886. The summed E-state index contributed by atoms with van der Waals surface area (Å²) < 4.78 is 36.6. The van der Waals surface area contributed by atoms with Gasteiger partial charge in [-0.1, -0.05) is 13.0 Å². The van der Waals surface area contributed by atoms with Gasteiger partial charge in [0.05, 0.1) is 15.3 Å². The van der Waals surface area contributed by atoms with Crippen LogP contribution in [0.3, 0.4) is 0 Å². The molecule has 19 heavy (non-hydrogen) atoms. The molecule has 0 aliphatic heterocycles. The molecule has 108 valence electrons. The average Bonchev–Trinajstić information content (AvgIpc) is 2.28. The van der Waals surface area contributed by atoms with Crippen LogP contribution in [0.25, 0.3) is 0 Å². The number of hydrogen-bond acceptors (Lipinski definition) is 3. The fraction of sp³-hybridized carbons (Fsp3) is 0.538. The van der Waals surface area contributed by atoms with E-state index in [4.69, 9.17) is 0 Å². The minimum absolute atomic E-state index is 0.331. The first-order valence-corrected chi connectivity index (χ1v) is 8.67. The summed E-state index contributed by atoms with van der Waals surface area (Å²) >= 11 is 3.13. The molecule has 0 heterocycles. The molecule has 0 bridgehead atoms. The average molecular weight is 352 g/mol. The summed E-state index contributed by atoms with van der Waals surface area (Å²) in [5.74, 6) is -0.365. The third-order valence-corrected chi connectivity index (χ3v) is 6.09. The van der Waals surface area contributed by atoms with Crippen LogP contribution < -0.4 is 5.32 Å². The maximum absolute atomic E-state index is 13.3. The summed E-state index contributed by atoms with van der Waals surface area (Å²) in [6, 6.07) is 4.17. The molecular weight excluding hydrogens is 333 g/mol. The van der Waals surface area contributed by atoms with E-state index >= 15 is 0 Å². The van der Waals surface area contributed by atoms with E-state index < -0.39 is 20.6 Å². The van der Waals surface area contributed by atoms with Crippen molar-refractivity contribution >= 4 is 25.8 Å². The monoisotopic (exact) mass is 351 g/mol. The highest BCUT2D eigenvalue weighted by Gasteiger charge is 2.39. The molecule has 0 radical (unpaired) electrons. The molecule has 0 amide bonds. The molecule has 1 N–H and O–H groups in total. The first-order valence-electron chi connectivity index (χ1n) is 5.99. The molecule has 0 spiro atoms. The molecule has 0 aliphatic carbocycles. The molecule has 0 saturated carbocycles. The van der Waals surface area contributed by atoms with Gasteiger partial charge >= 0.3 is 0 Å². The molecule has 1 aromatic carbocycles. The standard InChI is InChI=1S/C13H19BrFNO2S/c1-5-16-12(13(2,3)19(4,17)18)9-6-7-11(15)10(14)8-9/h6-8,12,16H,5H2,1-4H3. The molecule has 6 heteroatoms. The van der Waals surface area contributed by atoms with Crippen molar-refractivity contribution in [2.75, 3.05) is 12.8 Å². The SMILES string of the molecule is CCNC(c1ccc(F)c(Br)c1)C(C)(C)S(C)(=O)=O. The van der Waals surface area contributed by atoms with Crippen LogP contribution in [0, 0.1) is 5.82 Å². The topological polar surface area (TPSA) is 46.2 Å². The van der Waals surface area contributed by atoms with Crippen molar-refractivity contribution in [2.24, 2.45) is 0 Å². The Bertz CT molecular complexity index is 558. The van der Waals surface area contributed by atoms with Crippen LogP contribution >= 0.6 is 15.9 Å². The highest BCUT2D eigenvalue weighted by atomic mass is 79.9. The van der Waals surface area contributed by atoms with E-state index in [1.165, 1.54) is 12.3 Å². The van der Waals surface area contributed by atoms with E-state index in [1.807, 2.05) is 6.92 Å². The Morgan fingerprint density at radius 1 is 1.42 bits per heavy atom. The molecule has 0 saturated heterocycles. The lowest BCUT2D eigenvalue weighted by atomic mass is 9.95. The van der Waals surface area contributed by atoms with Crippen molar-refractivity contribution in [1.29, 1.82) is 0 Å². The Balaban J connectivity index is 3.32. The minimum atomic E-state index is -3.27. The molecule has 1 aromatic rings. The van der Waals surface area contributed by atoms with Crippen molar-refractivity contribution < 1.29 is 12.8 Å². The zero-order chi connectivity index (χ0) is 14.8. The van der Waals surface area contributed by atoms with Crippen LogP contribution in [0.5, 0.6) is 0 Å². The molecular formula is C13H19BrFNO2S. The minimum Gasteiger partial charge on any atom is -0.309 e. The lowest BCUT2D eigenvalue weighted by Crippen LogP contribution is -2.45. The molecule has 1 rings (SSSR count). The van der Waals surface area contributed by atoms with Crippen LogP contribution in [0.1, 0.15) is 32.4 Å². The number of hydrogen-bond donors (Lipinski definition) is 1. The maximum atomic E-state index is 13.3. The van der Waals surface area contributed by atoms with Crippen molar-refractivity contribution in [2.45, 2.75) is 31.6 Å². The van der Waals surface area contributed by atoms with E-state index in [1.54, 1.807) is 26.0 Å². The second-order valence-corrected chi connectivity index (χ2v) is 8.49. The van der Waals surface area contributed by atoms with Gasteiger partial charge in [-0.25, -0.2) is 12.8 Å². The Kier molecular flexibility index (Phi) is 5.15. The van der Waals surface area contributed by atoms with Crippen LogP contribution in [-0.2, 0) is 9.84 Å². The lowest BCUT2D eigenvalue weighted by molar-refractivity contribution is 0.427. The fourth-order valence-corrected chi connectivity index (χ4v) is 2.92. The van der Waals surface area contributed by atoms with Gasteiger partial charge in [0.15, 0.2) is 9.84 Å². The molecule has 1 unspecified atom stereocenters. The van der Waals surface area contributed by atoms with Gasteiger partial charge in [0.2, 0.25) is 0 Å². The predicted octanol–water partition coefficient (Wildman–Crippen LogP) is 3.06. The first-order chi connectivity index (χ1) is 8.61. The summed E-state index contributed by atoms with van der Waals surface area (Å²) in [5, 5.41) is 3.17. The Morgan fingerprint density at radius 2 is 2.00 bits per heavy atom. The van der Waals surface area contributed by atoms with Crippen LogP contribution in [0.15, 0.2) is 22.7 Å². The number of halogens is 2. The molecule has 0 aromatic heterocycles. The van der Waals surface area contributed by atoms with E-state index in [2.05, 4.69) is 21.2 Å². The van der Waals surface area contributed by atoms with Gasteiger partial charge in [-0.2, -0.15) is 0 Å². The Hall–Kier alpha value is -0.460. The zero-order valence-electron chi connectivity index (χ0n) is 11.5. The van der Waals surface area contributed by atoms with Crippen LogP contribution in [0.4, 0.5) is 4.39 Å². The van der Waals surface area contributed by atoms with Gasteiger partial charge in [0.25, 0.3) is 0 Å². The second kappa shape index (κ2) is 5.89. The largest absolute Gasteiger partial charge is 0.309 e. The lowest BCUT2D eigenvalue weighted by Gasteiger charge is -2.33.